The molecule has 0 bridgehead atoms. The first kappa shape index (κ1) is 20.1. The molecule has 1 aromatic rings. The normalized spacial score (nSPS) is 16.6. The summed E-state index contributed by atoms with van der Waals surface area (Å²) in [6.45, 7) is 9.28. The number of rotatable bonds is 9. The van der Waals surface area contributed by atoms with E-state index in [0.29, 0.717) is 6.04 Å². The summed E-state index contributed by atoms with van der Waals surface area (Å²) < 4.78 is 5.34. The van der Waals surface area contributed by atoms with Crippen LogP contribution in [-0.4, -0.2) is 67.1 Å². The molecule has 1 aromatic heterocycles. The largest absolute Gasteiger partial charge is 0.375 e. The predicted octanol–water partition coefficient (Wildman–Crippen LogP) is 2.73. The number of aliphatic imine (C=N–C) groups is 1. The number of nitrogens with zero attached hydrogens (tertiary/aromatic N) is 4. The van der Waals surface area contributed by atoms with Gasteiger partial charge in [0.25, 0.3) is 0 Å². The van der Waals surface area contributed by atoms with Crippen molar-refractivity contribution in [2.45, 2.75) is 58.3 Å². The number of aromatic nitrogens is 1. The summed E-state index contributed by atoms with van der Waals surface area (Å²) in [5.74, 6) is 0.911. The second kappa shape index (κ2) is 9.50. The highest BCUT2D eigenvalue weighted by atomic mass is 32.1. The van der Waals surface area contributed by atoms with Gasteiger partial charge in [0.1, 0.15) is 11.1 Å². The monoisotopic (exact) mass is 367 g/mol. The number of methoxy groups -OCH3 is 1. The first-order valence-electron chi connectivity index (χ1n) is 9.10. The Morgan fingerprint density at radius 1 is 1.44 bits per heavy atom. The van der Waals surface area contributed by atoms with Crippen molar-refractivity contribution < 1.29 is 4.74 Å². The van der Waals surface area contributed by atoms with Crippen molar-refractivity contribution in [3.63, 3.8) is 0 Å². The van der Waals surface area contributed by atoms with Crippen molar-refractivity contribution in [3.05, 3.63) is 16.1 Å². The zero-order valence-corrected chi connectivity index (χ0v) is 17.3. The van der Waals surface area contributed by atoms with Crippen molar-refractivity contribution in [1.29, 1.82) is 0 Å². The predicted molar refractivity (Wildman–Crippen MR) is 105 cm³/mol. The number of thiazole rings is 1. The van der Waals surface area contributed by atoms with E-state index in [-0.39, 0.29) is 6.10 Å². The Hall–Kier alpha value is -1.18. The minimum atomic E-state index is 0.0472. The van der Waals surface area contributed by atoms with Gasteiger partial charge in [0.05, 0.1) is 12.2 Å². The maximum Gasteiger partial charge on any atom is 0.193 e. The SMILES string of the molecule is CN=C(NCCN(C(C)C)C1CC1)N(C)Cc1csc(C(C)OC)n1. The summed E-state index contributed by atoms with van der Waals surface area (Å²) >= 11 is 1.65. The average molecular weight is 368 g/mol. The summed E-state index contributed by atoms with van der Waals surface area (Å²) in [6, 6.07) is 1.39. The Balaban J connectivity index is 1.82. The van der Waals surface area contributed by atoms with Crippen molar-refractivity contribution in [1.82, 2.24) is 20.1 Å². The fourth-order valence-corrected chi connectivity index (χ4v) is 3.79. The van der Waals surface area contributed by atoms with Crippen LogP contribution in [0.4, 0.5) is 0 Å². The zero-order chi connectivity index (χ0) is 18.4. The molecule has 2 rings (SSSR count). The lowest BCUT2D eigenvalue weighted by Gasteiger charge is -2.28. The molecule has 7 heteroatoms. The quantitative estimate of drug-likeness (QED) is 0.537. The van der Waals surface area contributed by atoms with E-state index in [0.717, 1.165) is 42.3 Å². The van der Waals surface area contributed by atoms with E-state index in [4.69, 9.17) is 4.74 Å². The molecule has 142 valence electrons. The van der Waals surface area contributed by atoms with E-state index >= 15 is 0 Å². The molecular formula is C18H33N5OS. The number of hydrogen-bond acceptors (Lipinski definition) is 5. The molecular weight excluding hydrogens is 334 g/mol. The van der Waals surface area contributed by atoms with Crippen LogP contribution in [0, 0.1) is 0 Å². The van der Waals surface area contributed by atoms with Gasteiger partial charge in [-0.15, -0.1) is 11.3 Å². The molecule has 0 spiro atoms. The first-order valence-corrected chi connectivity index (χ1v) is 9.98. The van der Waals surface area contributed by atoms with Crippen LogP contribution in [0.2, 0.25) is 0 Å². The van der Waals surface area contributed by atoms with E-state index in [1.165, 1.54) is 12.8 Å². The second-order valence-electron chi connectivity index (χ2n) is 6.95. The summed E-state index contributed by atoms with van der Waals surface area (Å²) in [6.07, 6.45) is 2.74. The molecule has 1 heterocycles. The van der Waals surface area contributed by atoms with Crippen LogP contribution in [0.15, 0.2) is 10.4 Å². The lowest BCUT2D eigenvalue weighted by atomic mass is 10.3. The van der Waals surface area contributed by atoms with Gasteiger partial charge in [0.2, 0.25) is 0 Å². The molecule has 1 aliphatic carbocycles. The second-order valence-corrected chi connectivity index (χ2v) is 7.84. The third kappa shape index (κ3) is 5.94. The number of guanidine groups is 1. The molecule has 6 nitrogen and oxygen atoms in total. The van der Waals surface area contributed by atoms with E-state index in [1.54, 1.807) is 18.4 Å². The van der Waals surface area contributed by atoms with Gasteiger partial charge >= 0.3 is 0 Å². The van der Waals surface area contributed by atoms with E-state index in [9.17, 15) is 0 Å². The van der Waals surface area contributed by atoms with Gasteiger partial charge < -0.3 is 15.0 Å². The minimum Gasteiger partial charge on any atom is -0.375 e. The average Bonchev–Trinajstić information content (AvgIpc) is 3.32. The standard InChI is InChI=1S/C18H33N5OS/c1-13(2)23(16-7-8-16)10-9-20-18(19-4)22(5)11-15-12-25-17(21-15)14(3)24-6/h12-14,16H,7-11H2,1-6H3,(H,19,20). The number of nitrogens with one attached hydrogen (secondary N) is 1. The van der Waals surface area contributed by atoms with Gasteiger partial charge in [-0.05, 0) is 33.6 Å². The molecule has 1 N–H and O–H groups in total. The molecule has 1 saturated carbocycles. The molecule has 0 amide bonds. The Bertz CT molecular complexity index is 553. The molecule has 1 aliphatic rings. The Morgan fingerprint density at radius 3 is 2.72 bits per heavy atom. The molecule has 0 aliphatic heterocycles. The van der Waals surface area contributed by atoms with Gasteiger partial charge in [-0.2, -0.15) is 0 Å². The van der Waals surface area contributed by atoms with Crippen LogP contribution in [0.5, 0.6) is 0 Å². The van der Waals surface area contributed by atoms with Crippen molar-refractivity contribution in [3.8, 4) is 0 Å². The molecule has 0 aromatic carbocycles. The van der Waals surface area contributed by atoms with Crippen LogP contribution in [0.25, 0.3) is 0 Å². The zero-order valence-electron chi connectivity index (χ0n) is 16.5. The highest BCUT2D eigenvalue weighted by Gasteiger charge is 2.30. The van der Waals surface area contributed by atoms with Crippen molar-refractivity contribution in [2.24, 2.45) is 4.99 Å². The fourth-order valence-electron chi connectivity index (χ4n) is 2.95. The molecule has 1 fully saturated rings. The maximum absolute atomic E-state index is 5.34. The fraction of sp³-hybridized carbons (Fsp3) is 0.778. The molecule has 0 saturated heterocycles. The summed E-state index contributed by atoms with van der Waals surface area (Å²) in [5.41, 5.74) is 1.05. The first-order chi connectivity index (χ1) is 12.0. The minimum absolute atomic E-state index is 0.0472. The smallest absolute Gasteiger partial charge is 0.193 e. The van der Waals surface area contributed by atoms with Crippen molar-refractivity contribution in [2.75, 3.05) is 34.3 Å². The highest BCUT2D eigenvalue weighted by Crippen LogP contribution is 2.28. The third-order valence-electron chi connectivity index (χ3n) is 4.58. The number of hydrogen-bond donors (Lipinski definition) is 1. The third-order valence-corrected chi connectivity index (χ3v) is 5.63. The molecule has 1 atom stereocenters. The van der Waals surface area contributed by atoms with Gasteiger partial charge in [-0.1, -0.05) is 0 Å². The van der Waals surface area contributed by atoms with Gasteiger partial charge in [0.15, 0.2) is 5.96 Å². The maximum atomic E-state index is 5.34. The lowest BCUT2D eigenvalue weighted by molar-refractivity contribution is 0.119. The molecule has 0 radical (unpaired) electrons. The van der Waals surface area contributed by atoms with E-state index < -0.39 is 0 Å². The Morgan fingerprint density at radius 2 is 2.16 bits per heavy atom. The summed E-state index contributed by atoms with van der Waals surface area (Å²) in [5, 5.41) is 6.60. The van der Waals surface area contributed by atoms with Crippen LogP contribution in [0.1, 0.15) is 50.4 Å². The Labute approximate surface area is 156 Å². The van der Waals surface area contributed by atoms with Crippen LogP contribution >= 0.6 is 11.3 Å². The molecule has 25 heavy (non-hydrogen) atoms. The van der Waals surface area contributed by atoms with Crippen molar-refractivity contribution >= 4 is 17.3 Å². The number of ether oxygens (including phenoxy) is 1. The Kier molecular flexibility index (Phi) is 7.65. The van der Waals surface area contributed by atoms with Gasteiger partial charge in [0, 0.05) is 51.8 Å². The topological polar surface area (TPSA) is 53.0 Å². The van der Waals surface area contributed by atoms with Gasteiger partial charge in [-0.25, -0.2) is 4.98 Å². The van der Waals surface area contributed by atoms with Gasteiger partial charge in [-0.3, -0.25) is 9.89 Å². The summed E-state index contributed by atoms with van der Waals surface area (Å²) in [7, 11) is 5.60. The lowest BCUT2D eigenvalue weighted by Crippen LogP contribution is -2.44. The molecule has 1 unspecified atom stereocenters. The van der Waals surface area contributed by atoms with Crippen LogP contribution < -0.4 is 5.32 Å². The highest BCUT2D eigenvalue weighted by molar-refractivity contribution is 7.09. The van der Waals surface area contributed by atoms with E-state index in [1.807, 2.05) is 14.0 Å². The van der Waals surface area contributed by atoms with Crippen LogP contribution in [0.3, 0.4) is 0 Å². The van der Waals surface area contributed by atoms with Crippen LogP contribution in [-0.2, 0) is 11.3 Å². The van der Waals surface area contributed by atoms with E-state index in [2.05, 4.69) is 51.4 Å². The summed E-state index contributed by atoms with van der Waals surface area (Å²) in [4.78, 5) is 13.8.